The van der Waals surface area contributed by atoms with E-state index < -0.39 is 0 Å². The van der Waals surface area contributed by atoms with Crippen molar-refractivity contribution in [2.75, 3.05) is 24.5 Å². The van der Waals surface area contributed by atoms with Gasteiger partial charge in [0.2, 0.25) is 11.8 Å². The molecule has 2 amide bonds. The number of likely N-dealkylation sites (tertiary alicyclic amines) is 1. The zero-order chi connectivity index (χ0) is 16.7. The van der Waals surface area contributed by atoms with Crippen molar-refractivity contribution in [3.05, 3.63) is 29.8 Å². The molecule has 0 saturated carbocycles. The second-order valence-electron chi connectivity index (χ2n) is 5.84. The smallest absolute Gasteiger partial charge is 0.224 e. The maximum atomic E-state index is 12.4. The van der Waals surface area contributed by atoms with Crippen LogP contribution in [0.2, 0.25) is 0 Å². The molecule has 1 saturated heterocycles. The lowest BCUT2D eigenvalue weighted by atomic mass is 10.1. The van der Waals surface area contributed by atoms with Crippen molar-refractivity contribution in [2.45, 2.75) is 39.0 Å². The molecule has 122 valence electrons. The van der Waals surface area contributed by atoms with Crippen molar-refractivity contribution >= 4 is 17.5 Å². The van der Waals surface area contributed by atoms with Crippen LogP contribution in [0.3, 0.4) is 0 Å². The van der Waals surface area contributed by atoms with Gasteiger partial charge in [-0.25, -0.2) is 0 Å². The van der Waals surface area contributed by atoms with Gasteiger partial charge < -0.3 is 9.80 Å². The van der Waals surface area contributed by atoms with Crippen LogP contribution in [0.4, 0.5) is 5.69 Å². The minimum atomic E-state index is -0.156. The number of carbonyl (C=O) groups is 2. The predicted molar refractivity (Wildman–Crippen MR) is 88.8 cm³/mol. The Morgan fingerprint density at radius 3 is 2.43 bits per heavy atom. The third kappa shape index (κ3) is 4.56. The van der Waals surface area contributed by atoms with Gasteiger partial charge >= 0.3 is 0 Å². The van der Waals surface area contributed by atoms with Gasteiger partial charge in [-0.2, -0.15) is 5.26 Å². The van der Waals surface area contributed by atoms with E-state index in [-0.39, 0.29) is 11.8 Å². The molecule has 1 fully saturated rings. The van der Waals surface area contributed by atoms with Crippen molar-refractivity contribution in [3.8, 4) is 6.07 Å². The number of hydrogen-bond donors (Lipinski definition) is 0. The standard InChI is InChI=1S/C18H23N3O2/c1-15(22)21(17-9-5-4-8-16(17)14-19)13-10-18(23)20-11-6-2-3-7-12-20/h4-5,8-9H,2-3,6-7,10-13H2,1H3. The van der Waals surface area contributed by atoms with Crippen LogP contribution in [-0.2, 0) is 9.59 Å². The molecule has 1 aromatic carbocycles. The van der Waals surface area contributed by atoms with E-state index in [1.54, 1.807) is 24.3 Å². The fourth-order valence-electron chi connectivity index (χ4n) is 2.94. The third-order valence-corrected chi connectivity index (χ3v) is 4.20. The molecular weight excluding hydrogens is 290 g/mol. The first kappa shape index (κ1) is 17.0. The summed E-state index contributed by atoms with van der Waals surface area (Å²) in [6, 6.07) is 9.09. The molecule has 0 N–H and O–H groups in total. The maximum absolute atomic E-state index is 12.4. The predicted octanol–water partition coefficient (Wildman–Crippen LogP) is 2.70. The van der Waals surface area contributed by atoms with Crippen LogP contribution in [0.1, 0.15) is 44.6 Å². The van der Waals surface area contributed by atoms with Crippen LogP contribution >= 0.6 is 0 Å². The van der Waals surface area contributed by atoms with Gasteiger partial charge in [0.05, 0.1) is 11.3 Å². The van der Waals surface area contributed by atoms with Crippen molar-refractivity contribution in [1.29, 1.82) is 5.26 Å². The van der Waals surface area contributed by atoms with Crippen LogP contribution in [-0.4, -0.2) is 36.3 Å². The second-order valence-corrected chi connectivity index (χ2v) is 5.84. The Kier molecular flexibility index (Phi) is 6.16. The van der Waals surface area contributed by atoms with Gasteiger partial charge in [0.25, 0.3) is 0 Å². The van der Waals surface area contributed by atoms with Crippen molar-refractivity contribution in [3.63, 3.8) is 0 Å². The quantitative estimate of drug-likeness (QED) is 0.858. The molecule has 1 aliphatic heterocycles. The Labute approximate surface area is 137 Å². The van der Waals surface area contributed by atoms with Crippen molar-refractivity contribution in [2.24, 2.45) is 0 Å². The lowest BCUT2D eigenvalue weighted by molar-refractivity contribution is -0.131. The van der Waals surface area contributed by atoms with E-state index in [4.69, 9.17) is 0 Å². The van der Waals surface area contributed by atoms with Gasteiger partial charge in [-0.1, -0.05) is 25.0 Å². The average Bonchev–Trinajstić information content (AvgIpc) is 2.84. The normalized spacial score (nSPS) is 14.7. The Morgan fingerprint density at radius 2 is 1.83 bits per heavy atom. The molecule has 0 aromatic heterocycles. The summed E-state index contributed by atoms with van der Waals surface area (Å²) in [5, 5.41) is 9.20. The van der Waals surface area contributed by atoms with Gasteiger partial charge in [0.15, 0.2) is 0 Å². The number of nitriles is 1. The molecule has 2 rings (SSSR count). The summed E-state index contributed by atoms with van der Waals surface area (Å²) >= 11 is 0. The van der Waals surface area contributed by atoms with Gasteiger partial charge in [-0.15, -0.1) is 0 Å². The highest BCUT2D eigenvalue weighted by molar-refractivity contribution is 5.93. The molecule has 1 heterocycles. The zero-order valence-corrected chi connectivity index (χ0v) is 13.6. The molecule has 5 nitrogen and oxygen atoms in total. The van der Waals surface area contributed by atoms with Crippen LogP contribution in [0.5, 0.6) is 0 Å². The second kappa shape index (κ2) is 8.33. The number of anilines is 1. The van der Waals surface area contributed by atoms with E-state index in [0.29, 0.717) is 24.2 Å². The number of hydrogen-bond acceptors (Lipinski definition) is 3. The molecule has 0 radical (unpaired) electrons. The van der Waals surface area contributed by atoms with E-state index in [2.05, 4.69) is 6.07 Å². The van der Waals surface area contributed by atoms with Crippen LogP contribution < -0.4 is 4.90 Å². The third-order valence-electron chi connectivity index (χ3n) is 4.20. The van der Waals surface area contributed by atoms with E-state index >= 15 is 0 Å². The van der Waals surface area contributed by atoms with E-state index in [9.17, 15) is 14.9 Å². The van der Waals surface area contributed by atoms with Gasteiger partial charge in [0.1, 0.15) is 6.07 Å². The first-order valence-electron chi connectivity index (χ1n) is 8.18. The molecule has 1 aromatic rings. The Balaban J connectivity index is 2.04. The summed E-state index contributed by atoms with van der Waals surface area (Å²) in [7, 11) is 0. The van der Waals surface area contributed by atoms with E-state index in [0.717, 1.165) is 25.9 Å². The molecule has 5 heteroatoms. The monoisotopic (exact) mass is 313 g/mol. The molecule has 0 spiro atoms. The van der Waals surface area contributed by atoms with Crippen LogP contribution in [0.15, 0.2) is 24.3 Å². The molecule has 0 bridgehead atoms. The largest absolute Gasteiger partial charge is 0.343 e. The van der Waals surface area contributed by atoms with Crippen molar-refractivity contribution < 1.29 is 9.59 Å². The first-order valence-corrected chi connectivity index (χ1v) is 8.18. The minimum Gasteiger partial charge on any atom is -0.343 e. The zero-order valence-electron chi connectivity index (χ0n) is 13.6. The molecule has 0 atom stereocenters. The maximum Gasteiger partial charge on any atom is 0.224 e. The highest BCUT2D eigenvalue weighted by Gasteiger charge is 2.20. The number of benzene rings is 1. The molecule has 0 aliphatic carbocycles. The Morgan fingerprint density at radius 1 is 1.17 bits per heavy atom. The average molecular weight is 313 g/mol. The lowest BCUT2D eigenvalue weighted by Crippen LogP contribution is -2.37. The highest BCUT2D eigenvalue weighted by atomic mass is 16.2. The first-order chi connectivity index (χ1) is 11.1. The van der Waals surface area contributed by atoms with E-state index in [1.807, 2.05) is 4.90 Å². The number of amides is 2. The number of nitrogens with zero attached hydrogens (tertiary/aromatic N) is 3. The van der Waals surface area contributed by atoms with Gasteiger partial charge in [0, 0.05) is 33.0 Å². The number of para-hydroxylation sites is 1. The summed E-state index contributed by atoms with van der Waals surface area (Å²) in [6.45, 7) is 3.40. The van der Waals surface area contributed by atoms with Crippen molar-refractivity contribution in [1.82, 2.24) is 4.90 Å². The Hall–Kier alpha value is -2.35. The molecule has 1 aliphatic rings. The summed E-state index contributed by atoms with van der Waals surface area (Å²) in [5.74, 6) is -0.0658. The van der Waals surface area contributed by atoms with Gasteiger partial charge in [-0.05, 0) is 25.0 Å². The molecule has 23 heavy (non-hydrogen) atoms. The fraction of sp³-hybridized carbons (Fsp3) is 0.500. The fourth-order valence-corrected chi connectivity index (χ4v) is 2.94. The number of rotatable bonds is 4. The van der Waals surface area contributed by atoms with Crippen LogP contribution in [0, 0.1) is 11.3 Å². The summed E-state index contributed by atoms with van der Waals surface area (Å²) < 4.78 is 0. The molecule has 0 unspecified atom stereocenters. The summed E-state index contributed by atoms with van der Waals surface area (Å²) in [5.41, 5.74) is 1.02. The van der Waals surface area contributed by atoms with E-state index in [1.165, 1.54) is 24.7 Å². The number of carbonyl (C=O) groups excluding carboxylic acids is 2. The Bertz CT molecular complexity index is 599. The topological polar surface area (TPSA) is 64.4 Å². The SMILES string of the molecule is CC(=O)N(CCC(=O)N1CCCCCC1)c1ccccc1C#N. The molecular formula is C18H23N3O2. The minimum absolute atomic E-state index is 0.0904. The summed E-state index contributed by atoms with van der Waals surface area (Å²) in [6.07, 6.45) is 4.76. The lowest BCUT2D eigenvalue weighted by Gasteiger charge is -2.25. The van der Waals surface area contributed by atoms with Gasteiger partial charge in [-0.3, -0.25) is 9.59 Å². The van der Waals surface area contributed by atoms with Crippen LogP contribution in [0.25, 0.3) is 0 Å². The highest BCUT2D eigenvalue weighted by Crippen LogP contribution is 2.20. The summed E-state index contributed by atoms with van der Waals surface area (Å²) in [4.78, 5) is 27.8.